The van der Waals surface area contributed by atoms with Crippen LogP contribution < -0.4 is 5.32 Å². The number of alkyl carbamates (subject to hydrolysis) is 1. The van der Waals surface area contributed by atoms with E-state index in [1.807, 2.05) is 33.0 Å². The molecule has 0 aliphatic heterocycles. The number of nitrogens with zero attached hydrogens (tertiary/aromatic N) is 1. The molecule has 140 valence electrons. The van der Waals surface area contributed by atoms with Crippen LogP contribution in [0, 0.1) is 0 Å². The highest BCUT2D eigenvalue weighted by Gasteiger charge is 2.15. The first-order valence-corrected chi connectivity index (χ1v) is 9.70. The third kappa shape index (κ3) is 5.30. The molecule has 0 saturated carbocycles. The van der Waals surface area contributed by atoms with Crippen LogP contribution in [0.3, 0.4) is 0 Å². The Bertz CT molecular complexity index is 947. The number of aromatic nitrogens is 1. The van der Waals surface area contributed by atoms with Crippen molar-refractivity contribution in [2.24, 2.45) is 0 Å². The van der Waals surface area contributed by atoms with Crippen LogP contribution in [-0.2, 0) is 11.2 Å². The number of carbonyl (C=O) groups is 1. The van der Waals surface area contributed by atoms with Gasteiger partial charge in [-0.3, -0.25) is 4.98 Å². The van der Waals surface area contributed by atoms with Gasteiger partial charge in [-0.05, 0) is 67.5 Å². The highest BCUT2D eigenvalue weighted by atomic mass is 79.9. The smallest absolute Gasteiger partial charge is 0.407 e. The molecule has 0 fully saturated rings. The van der Waals surface area contributed by atoms with Gasteiger partial charge in [-0.1, -0.05) is 40.2 Å². The Morgan fingerprint density at radius 1 is 1.11 bits per heavy atom. The zero-order valence-electron chi connectivity index (χ0n) is 15.8. The van der Waals surface area contributed by atoms with Crippen LogP contribution in [0.5, 0.6) is 0 Å². The minimum Gasteiger partial charge on any atom is -0.444 e. The molecule has 3 aromatic rings. The number of pyridine rings is 1. The predicted octanol–water partition coefficient (Wildman–Crippen LogP) is 5.73. The summed E-state index contributed by atoms with van der Waals surface area (Å²) in [5, 5.41) is 5.04. The monoisotopic (exact) mass is 426 g/mol. The van der Waals surface area contributed by atoms with Crippen molar-refractivity contribution in [2.45, 2.75) is 32.8 Å². The number of benzene rings is 2. The Morgan fingerprint density at radius 3 is 2.56 bits per heavy atom. The minimum atomic E-state index is -0.476. The Balaban J connectivity index is 1.65. The highest BCUT2D eigenvalue weighted by Crippen LogP contribution is 2.30. The Labute approximate surface area is 168 Å². The molecule has 0 saturated heterocycles. The summed E-state index contributed by atoms with van der Waals surface area (Å²) in [4.78, 5) is 15.9. The number of hydrogen-bond acceptors (Lipinski definition) is 3. The van der Waals surface area contributed by atoms with Gasteiger partial charge < -0.3 is 10.1 Å². The SMILES string of the molecule is CC(C)(C)OC(=O)NCCc1ccc(-c2cc(Br)c3cnccc3c2)cc1. The number of hydrogen-bond donors (Lipinski definition) is 1. The molecule has 0 spiro atoms. The molecule has 0 atom stereocenters. The van der Waals surface area contributed by atoms with E-state index in [1.165, 1.54) is 5.56 Å². The zero-order chi connectivity index (χ0) is 19.4. The second kappa shape index (κ2) is 8.09. The van der Waals surface area contributed by atoms with E-state index in [4.69, 9.17) is 4.74 Å². The van der Waals surface area contributed by atoms with E-state index < -0.39 is 5.60 Å². The average Bonchev–Trinajstić information content (AvgIpc) is 2.61. The average molecular weight is 427 g/mol. The zero-order valence-corrected chi connectivity index (χ0v) is 17.3. The summed E-state index contributed by atoms with van der Waals surface area (Å²) in [6.07, 6.45) is 4.05. The van der Waals surface area contributed by atoms with E-state index in [2.05, 4.69) is 62.6 Å². The first-order valence-electron chi connectivity index (χ1n) is 8.91. The second-order valence-electron chi connectivity index (χ2n) is 7.43. The fourth-order valence-electron chi connectivity index (χ4n) is 2.81. The molecule has 27 heavy (non-hydrogen) atoms. The normalized spacial score (nSPS) is 11.4. The quantitative estimate of drug-likeness (QED) is 0.579. The number of fused-ring (bicyclic) bond motifs is 1. The fourth-order valence-corrected chi connectivity index (χ4v) is 3.39. The van der Waals surface area contributed by atoms with Crippen LogP contribution in [0.15, 0.2) is 59.3 Å². The van der Waals surface area contributed by atoms with Crippen LogP contribution in [-0.4, -0.2) is 23.2 Å². The summed E-state index contributed by atoms with van der Waals surface area (Å²) in [5.41, 5.74) is 2.99. The standard InChI is InChI=1S/C22H23BrN2O2/c1-22(2,3)27-21(26)25-11-8-15-4-6-16(7-5-15)18-12-17-9-10-24-14-19(17)20(23)13-18/h4-7,9-10,12-14H,8,11H2,1-3H3,(H,25,26). The first kappa shape index (κ1) is 19.4. The van der Waals surface area contributed by atoms with E-state index in [0.717, 1.165) is 32.8 Å². The van der Waals surface area contributed by atoms with Crippen LogP contribution in [0.4, 0.5) is 4.79 Å². The second-order valence-corrected chi connectivity index (χ2v) is 8.28. The van der Waals surface area contributed by atoms with E-state index >= 15 is 0 Å². The van der Waals surface area contributed by atoms with Gasteiger partial charge in [0.25, 0.3) is 0 Å². The van der Waals surface area contributed by atoms with Crippen molar-refractivity contribution >= 4 is 32.8 Å². The third-order valence-electron chi connectivity index (χ3n) is 4.07. The number of ether oxygens (including phenoxy) is 1. The third-order valence-corrected chi connectivity index (χ3v) is 4.73. The molecule has 0 unspecified atom stereocenters. The molecule has 0 radical (unpaired) electrons. The van der Waals surface area contributed by atoms with Crippen molar-refractivity contribution in [1.82, 2.24) is 10.3 Å². The van der Waals surface area contributed by atoms with Gasteiger partial charge in [-0.2, -0.15) is 0 Å². The Kier molecular flexibility index (Phi) is 5.80. The van der Waals surface area contributed by atoms with E-state index in [1.54, 1.807) is 6.20 Å². The molecule has 1 amide bonds. The lowest BCUT2D eigenvalue weighted by Crippen LogP contribution is -2.33. The summed E-state index contributed by atoms with van der Waals surface area (Å²) in [5.74, 6) is 0. The van der Waals surface area contributed by atoms with Gasteiger partial charge in [0.05, 0.1) is 0 Å². The Hall–Kier alpha value is -2.40. The Morgan fingerprint density at radius 2 is 1.85 bits per heavy atom. The van der Waals surface area contributed by atoms with Gasteiger partial charge in [0.1, 0.15) is 5.60 Å². The molecule has 0 bridgehead atoms. The van der Waals surface area contributed by atoms with Crippen molar-refractivity contribution in [3.63, 3.8) is 0 Å². The van der Waals surface area contributed by atoms with Crippen molar-refractivity contribution in [3.05, 3.63) is 64.9 Å². The summed E-state index contributed by atoms with van der Waals surface area (Å²) in [7, 11) is 0. The molecule has 1 heterocycles. The highest BCUT2D eigenvalue weighted by molar-refractivity contribution is 9.10. The van der Waals surface area contributed by atoms with Crippen molar-refractivity contribution < 1.29 is 9.53 Å². The van der Waals surface area contributed by atoms with Gasteiger partial charge in [0, 0.05) is 28.8 Å². The first-order chi connectivity index (χ1) is 12.8. The summed E-state index contributed by atoms with van der Waals surface area (Å²) < 4.78 is 6.28. The molecule has 2 aromatic carbocycles. The maximum atomic E-state index is 11.7. The lowest BCUT2D eigenvalue weighted by molar-refractivity contribution is 0.0528. The fraction of sp³-hybridized carbons (Fsp3) is 0.273. The van der Waals surface area contributed by atoms with Crippen LogP contribution in [0.25, 0.3) is 21.9 Å². The molecule has 1 N–H and O–H groups in total. The maximum Gasteiger partial charge on any atom is 0.407 e. The number of amides is 1. The largest absolute Gasteiger partial charge is 0.444 e. The van der Waals surface area contributed by atoms with E-state index in [9.17, 15) is 4.79 Å². The molecular formula is C22H23BrN2O2. The van der Waals surface area contributed by atoms with Crippen LogP contribution in [0.2, 0.25) is 0 Å². The molecule has 4 nitrogen and oxygen atoms in total. The van der Waals surface area contributed by atoms with Gasteiger partial charge in [-0.25, -0.2) is 4.79 Å². The maximum absolute atomic E-state index is 11.7. The van der Waals surface area contributed by atoms with Crippen LogP contribution in [0.1, 0.15) is 26.3 Å². The van der Waals surface area contributed by atoms with Gasteiger partial charge in [0.2, 0.25) is 0 Å². The van der Waals surface area contributed by atoms with Crippen molar-refractivity contribution in [3.8, 4) is 11.1 Å². The molecular weight excluding hydrogens is 404 g/mol. The predicted molar refractivity (Wildman–Crippen MR) is 113 cm³/mol. The molecule has 3 rings (SSSR count). The summed E-state index contributed by atoms with van der Waals surface area (Å²) in [6.45, 7) is 6.11. The van der Waals surface area contributed by atoms with Gasteiger partial charge >= 0.3 is 6.09 Å². The van der Waals surface area contributed by atoms with Gasteiger partial charge in [-0.15, -0.1) is 0 Å². The number of halogens is 1. The van der Waals surface area contributed by atoms with E-state index in [-0.39, 0.29) is 6.09 Å². The van der Waals surface area contributed by atoms with Gasteiger partial charge in [0.15, 0.2) is 0 Å². The topological polar surface area (TPSA) is 51.2 Å². The molecule has 5 heteroatoms. The summed E-state index contributed by atoms with van der Waals surface area (Å²) >= 11 is 3.64. The molecule has 1 aromatic heterocycles. The van der Waals surface area contributed by atoms with E-state index in [0.29, 0.717) is 6.54 Å². The summed E-state index contributed by atoms with van der Waals surface area (Å²) in [6, 6.07) is 14.7. The number of rotatable bonds is 4. The van der Waals surface area contributed by atoms with Crippen molar-refractivity contribution in [1.29, 1.82) is 0 Å². The number of nitrogens with one attached hydrogen (secondary N) is 1. The van der Waals surface area contributed by atoms with Crippen LogP contribution >= 0.6 is 15.9 Å². The molecule has 0 aliphatic carbocycles. The lowest BCUT2D eigenvalue weighted by atomic mass is 10.0. The number of carbonyl (C=O) groups excluding carboxylic acids is 1. The lowest BCUT2D eigenvalue weighted by Gasteiger charge is -2.19. The minimum absolute atomic E-state index is 0.380. The van der Waals surface area contributed by atoms with Crippen molar-refractivity contribution in [2.75, 3.05) is 6.54 Å². The molecule has 0 aliphatic rings.